The monoisotopic (exact) mass is 276 g/mol. The lowest BCUT2D eigenvalue weighted by molar-refractivity contribution is -0.119. The molecule has 0 atom stereocenters. The maximum atomic E-state index is 12.0. The first-order valence-corrected chi connectivity index (χ1v) is 7.06. The van der Waals surface area contributed by atoms with Gasteiger partial charge in [-0.15, -0.1) is 0 Å². The molecule has 0 aromatic heterocycles. The summed E-state index contributed by atoms with van der Waals surface area (Å²) in [4.78, 5) is 22.9. The minimum atomic E-state index is -0.958. The minimum Gasteiger partial charge on any atom is -0.478 e. The van der Waals surface area contributed by atoms with Crippen LogP contribution in [0.1, 0.15) is 56.5 Å². The molecule has 1 aromatic carbocycles. The summed E-state index contributed by atoms with van der Waals surface area (Å²) in [6.07, 6.45) is 1.72. The summed E-state index contributed by atoms with van der Waals surface area (Å²) < 4.78 is 0. The molecular weight excluding hydrogens is 252 g/mol. The molecule has 0 heterocycles. The van der Waals surface area contributed by atoms with Crippen molar-refractivity contribution in [3.63, 3.8) is 0 Å². The fraction of sp³-hybridized carbons (Fsp3) is 0.529. The van der Waals surface area contributed by atoms with Gasteiger partial charge in [0.25, 0.3) is 0 Å². The van der Waals surface area contributed by atoms with Gasteiger partial charge in [-0.1, -0.05) is 39.8 Å². The third-order valence-electron chi connectivity index (χ3n) is 4.19. The van der Waals surface area contributed by atoms with Crippen LogP contribution < -0.4 is 0 Å². The number of carboxylic acids is 1. The van der Waals surface area contributed by atoms with Crippen LogP contribution in [0, 0.1) is 11.3 Å². The van der Waals surface area contributed by atoms with Crippen molar-refractivity contribution >= 4 is 11.8 Å². The summed E-state index contributed by atoms with van der Waals surface area (Å²) in [6.45, 7) is 8.69. The van der Waals surface area contributed by atoms with E-state index in [9.17, 15) is 9.59 Å². The molecule has 1 N–H and O–H groups in total. The van der Waals surface area contributed by atoms with Crippen molar-refractivity contribution in [3.8, 4) is 0 Å². The number of benzene rings is 1. The number of ketones is 1. The molecule has 1 rings (SSSR count). The molecule has 110 valence electrons. The maximum Gasteiger partial charge on any atom is 0.335 e. The van der Waals surface area contributed by atoms with Crippen molar-refractivity contribution in [1.29, 1.82) is 0 Å². The Bertz CT molecular complexity index is 487. The van der Waals surface area contributed by atoms with Gasteiger partial charge in [0.2, 0.25) is 0 Å². The number of carbonyl (C=O) groups excluding carboxylic acids is 1. The van der Waals surface area contributed by atoms with Crippen LogP contribution in [0.15, 0.2) is 24.3 Å². The second-order valence-corrected chi connectivity index (χ2v) is 6.36. The van der Waals surface area contributed by atoms with E-state index < -0.39 is 5.97 Å². The van der Waals surface area contributed by atoms with E-state index in [1.165, 1.54) is 6.07 Å². The van der Waals surface area contributed by atoms with E-state index in [0.29, 0.717) is 18.8 Å². The van der Waals surface area contributed by atoms with E-state index in [2.05, 4.69) is 27.7 Å². The number of hydrogen-bond acceptors (Lipinski definition) is 2. The van der Waals surface area contributed by atoms with E-state index in [-0.39, 0.29) is 16.8 Å². The Hall–Kier alpha value is -1.64. The van der Waals surface area contributed by atoms with Crippen LogP contribution in [0.3, 0.4) is 0 Å². The lowest BCUT2D eigenvalue weighted by atomic mass is 9.77. The SMILES string of the molecule is CC(C)C(C)(C)CCC(=O)Cc1cccc(C(=O)O)c1. The number of carboxylic acid groups (broad SMARTS) is 1. The average Bonchev–Trinajstić information content (AvgIpc) is 2.36. The van der Waals surface area contributed by atoms with Crippen LogP contribution in [0.2, 0.25) is 0 Å². The third-order valence-corrected chi connectivity index (χ3v) is 4.19. The second kappa shape index (κ2) is 6.69. The molecule has 0 amide bonds. The Morgan fingerprint density at radius 3 is 2.45 bits per heavy atom. The predicted octanol–water partition coefficient (Wildman–Crippen LogP) is 3.96. The summed E-state index contributed by atoms with van der Waals surface area (Å²) >= 11 is 0. The first-order valence-electron chi connectivity index (χ1n) is 7.06. The zero-order chi connectivity index (χ0) is 15.3. The molecule has 20 heavy (non-hydrogen) atoms. The first kappa shape index (κ1) is 16.4. The zero-order valence-corrected chi connectivity index (χ0v) is 12.8. The highest BCUT2D eigenvalue weighted by atomic mass is 16.4. The van der Waals surface area contributed by atoms with Gasteiger partial charge in [0.05, 0.1) is 5.56 Å². The number of aromatic carboxylic acids is 1. The van der Waals surface area contributed by atoms with E-state index in [0.717, 1.165) is 12.0 Å². The molecule has 0 spiro atoms. The normalized spacial score (nSPS) is 11.7. The van der Waals surface area contributed by atoms with Crippen molar-refractivity contribution in [2.75, 3.05) is 0 Å². The first-order chi connectivity index (χ1) is 9.22. The van der Waals surface area contributed by atoms with E-state index in [4.69, 9.17) is 5.11 Å². The summed E-state index contributed by atoms with van der Waals surface area (Å²) in [7, 11) is 0. The molecule has 0 saturated carbocycles. The lowest BCUT2D eigenvalue weighted by Gasteiger charge is -2.28. The Kier molecular flexibility index (Phi) is 5.49. The lowest BCUT2D eigenvalue weighted by Crippen LogP contribution is -2.20. The van der Waals surface area contributed by atoms with Crippen LogP contribution in [0.4, 0.5) is 0 Å². The van der Waals surface area contributed by atoms with Gasteiger partial charge in [-0.2, -0.15) is 0 Å². The minimum absolute atomic E-state index is 0.151. The van der Waals surface area contributed by atoms with Gasteiger partial charge in [-0.25, -0.2) is 4.79 Å². The van der Waals surface area contributed by atoms with E-state index in [1.807, 2.05) is 0 Å². The molecule has 0 unspecified atom stereocenters. The molecule has 3 nitrogen and oxygen atoms in total. The largest absolute Gasteiger partial charge is 0.478 e. The molecule has 3 heteroatoms. The molecule has 0 aliphatic heterocycles. The highest BCUT2D eigenvalue weighted by Crippen LogP contribution is 2.31. The van der Waals surface area contributed by atoms with Crippen molar-refractivity contribution in [2.45, 2.75) is 47.0 Å². The summed E-state index contributed by atoms with van der Waals surface area (Å²) in [5.41, 5.74) is 1.16. The van der Waals surface area contributed by atoms with Crippen LogP contribution in [-0.4, -0.2) is 16.9 Å². The number of carbonyl (C=O) groups is 2. The van der Waals surface area contributed by atoms with E-state index in [1.54, 1.807) is 18.2 Å². The van der Waals surface area contributed by atoms with Crippen molar-refractivity contribution in [3.05, 3.63) is 35.4 Å². The Labute approximate surface area is 121 Å². The maximum absolute atomic E-state index is 12.0. The van der Waals surface area contributed by atoms with Crippen LogP contribution >= 0.6 is 0 Å². The molecule has 1 aromatic rings. The summed E-state index contributed by atoms with van der Waals surface area (Å²) in [6, 6.07) is 6.61. The molecule has 0 bridgehead atoms. The van der Waals surface area contributed by atoms with Crippen molar-refractivity contribution in [2.24, 2.45) is 11.3 Å². The highest BCUT2D eigenvalue weighted by Gasteiger charge is 2.23. The Balaban J connectivity index is 2.59. The van der Waals surface area contributed by atoms with E-state index >= 15 is 0 Å². The topological polar surface area (TPSA) is 54.4 Å². The average molecular weight is 276 g/mol. The Morgan fingerprint density at radius 2 is 1.90 bits per heavy atom. The van der Waals surface area contributed by atoms with Crippen LogP contribution in [0.25, 0.3) is 0 Å². The molecule has 0 fully saturated rings. The second-order valence-electron chi connectivity index (χ2n) is 6.36. The van der Waals surface area contributed by atoms with Gasteiger partial charge in [0.15, 0.2) is 0 Å². The fourth-order valence-electron chi connectivity index (χ4n) is 1.88. The van der Waals surface area contributed by atoms with Crippen molar-refractivity contribution < 1.29 is 14.7 Å². The molecule has 0 radical (unpaired) electrons. The van der Waals surface area contributed by atoms with Gasteiger partial charge in [-0.3, -0.25) is 4.79 Å². The zero-order valence-electron chi connectivity index (χ0n) is 12.8. The predicted molar refractivity (Wildman–Crippen MR) is 80.0 cm³/mol. The standard InChI is InChI=1S/C17H24O3/c1-12(2)17(3,4)9-8-15(18)11-13-6-5-7-14(10-13)16(19)20/h5-7,10,12H,8-9,11H2,1-4H3,(H,19,20). The molecule has 0 aliphatic rings. The Morgan fingerprint density at radius 1 is 1.25 bits per heavy atom. The van der Waals surface area contributed by atoms with Crippen LogP contribution in [-0.2, 0) is 11.2 Å². The quantitative estimate of drug-likeness (QED) is 0.820. The van der Waals surface area contributed by atoms with Crippen molar-refractivity contribution in [1.82, 2.24) is 0 Å². The smallest absolute Gasteiger partial charge is 0.335 e. The number of hydrogen-bond donors (Lipinski definition) is 1. The van der Waals surface area contributed by atoms with Gasteiger partial charge < -0.3 is 5.11 Å². The summed E-state index contributed by atoms with van der Waals surface area (Å²) in [5.74, 6) is -0.257. The molecule has 0 aliphatic carbocycles. The number of Topliss-reactive ketones (excluding diaryl/α,β-unsaturated/α-hetero) is 1. The van der Waals surface area contributed by atoms with Gasteiger partial charge >= 0.3 is 5.97 Å². The molecule has 0 saturated heterocycles. The van der Waals surface area contributed by atoms with Gasteiger partial charge in [0, 0.05) is 12.8 Å². The number of rotatable bonds is 7. The van der Waals surface area contributed by atoms with Crippen LogP contribution in [0.5, 0.6) is 0 Å². The summed E-state index contributed by atoms with van der Waals surface area (Å²) in [5, 5.41) is 8.93. The third kappa shape index (κ3) is 4.80. The fourth-order valence-corrected chi connectivity index (χ4v) is 1.88. The highest BCUT2D eigenvalue weighted by molar-refractivity contribution is 5.88. The van der Waals surface area contributed by atoms with Gasteiger partial charge in [-0.05, 0) is 35.4 Å². The van der Waals surface area contributed by atoms with Gasteiger partial charge in [0.1, 0.15) is 5.78 Å². The molecular formula is C17H24O3.